The van der Waals surface area contributed by atoms with Gasteiger partial charge in [-0.25, -0.2) is 14.4 Å². The van der Waals surface area contributed by atoms with Crippen molar-refractivity contribution in [2.24, 2.45) is 10.7 Å². The smallest absolute Gasteiger partial charge is 0.275 e. The number of nitrogens with two attached hydrogens (primary N) is 1. The largest absolute Gasteiger partial charge is 0.480 e. The molecule has 0 fully saturated rings. The van der Waals surface area contributed by atoms with Gasteiger partial charge < -0.3 is 15.8 Å². The van der Waals surface area contributed by atoms with Gasteiger partial charge >= 0.3 is 0 Å². The first-order valence-corrected chi connectivity index (χ1v) is 10.4. The van der Waals surface area contributed by atoms with Crippen LogP contribution >= 0.6 is 10.6 Å². The third-order valence-electron chi connectivity index (χ3n) is 4.73. The maximum absolute atomic E-state index is 14.6. The number of benzene rings is 1. The van der Waals surface area contributed by atoms with Crippen molar-refractivity contribution >= 4 is 28.0 Å². The van der Waals surface area contributed by atoms with Gasteiger partial charge in [0, 0.05) is 11.3 Å². The summed E-state index contributed by atoms with van der Waals surface area (Å²) in [5.41, 5.74) is 5.00. The van der Waals surface area contributed by atoms with Gasteiger partial charge in [-0.15, -0.1) is 0 Å². The highest BCUT2D eigenvalue weighted by molar-refractivity contribution is 8.25. The van der Waals surface area contributed by atoms with E-state index in [-0.39, 0.29) is 34.4 Å². The first-order valence-electron chi connectivity index (χ1n) is 8.63. The van der Waals surface area contributed by atoms with Gasteiger partial charge in [0.15, 0.2) is 0 Å². The van der Waals surface area contributed by atoms with Crippen LogP contribution in [-0.2, 0) is 5.54 Å². The highest BCUT2D eigenvalue weighted by atomic mass is 32.3. The Bertz CT molecular complexity index is 969. The Labute approximate surface area is 168 Å². The maximum Gasteiger partial charge on any atom is 0.275 e. The normalized spacial score (nSPS) is 24.3. The summed E-state index contributed by atoms with van der Waals surface area (Å²) in [4.78, 5) is 24.6. The molecule has 0 saturated heterocycles. The van der Waals surface area contributed by atoms with Gasteiger partial charge in [0.1, 0.15) is 28.1 Å². The van der Waals surface area contributed by atoms with Crippen molar-refractivity contribution in [1.82, 2.24) is 9.97 Å². The van der Waals surface area contributed by atoms with E-state index in [1.165, 1.54) is 37.7 Å². The second-order valence-corrected chi connectivity index (χ2v) is 9.34. The summed E-state index contributed by atoms with van der Waals surface area (Å²) in [6, 6.07) is 3.95. The molecule has 0 bridgehead atoms. The summed E-state index contributed by atoms with van der Waals surface area (Å²) < 4.78 is 40.2. The Morgan fingerprint density at radius 1 is 1.38 bits per heavy atom. The van der Waals surface area contributed by atoms with E-state index < -0.39 is 33.1 Å². The van der Waals surface area contributed by atoms with Crippen LogP contribution in [0.25, 0.3) is 0 Å². The minimum absolute atomic E-state index is 0.0427. The molecule has 0 aliphatic carbocycles. The highest BCUT2D eigenvalue weighted by Gasteiger charge is 2.42. The fraction of sp³-hybridized carbons (Fsp3) is 0.333. The predicted molar refractivity (Wildman–Crippen MR) is 109 cm³/mol. The van der Waals surface area contributed by atoms with Crippen LogP contribution in [0, 0.1) is 5.82 Å². The van der Waals surface area contributed by atoms with Crippen molar-refractivity contribution in [3.8, 4) is 5.88 Å². The van der Waals surface area contributed by atoms with E-state index >= 15 is 0 Å². The second-order valence-electron chi connectivity index (χ2n) is 6.91. The first-order chi connectivity index (χ1) is 13.6. The molecule has 5 N–H and O–H groups in total. The number of aliphatic imine (C=N–C) groups is 1. The fourth-order valence-electron chi connectivity index (χ4n) is 3.03. The van der Waals surface area contributed by atoms with Crippen LogP contribution in [0.15, 0.2) is 35.6 Å². The summed E-state index contributed by atoms with van der Waals surface area (Å²) in [7, 11) is -1.68. The van der Waals surface area contributed by atoms with Crippen LogP contribution in [0.3, 0.4) is 0 Å². The monoisotopic (exact) mass is 423 g/mol. The fourth-order valence-corrected chi connectivity index (χ4v) is 4.76. The molecule has 1 aliphatic rings. The van der Waals surface area contributed by atoms with Gasteiger partial charge in [-0.3, -0.25) is 18.9 Å². The molecular weight excluding hydrogens is 401 g/mol. The molecule has 3 rings (SSSR count). The minimum atomic E-state index is -3.11. The number of halogens is 1. The molecule has 0 spiro atoms. The molecule has 1 aromatic carbocycles. The lowest BCUT2D eigenvalue weighted by atomic mass is 9.93. The van der Waals surface area contributed by atoms with Gasteiger partial charge in [0.2, 0.25) is 5.88 Å². The van der Waals surface area contributed by atoms with E-state index in [2.05, 4.69) is 20.3 Å². The number of carbonyl (C=O) groups excluding carboxylic acids is 1. The van der Waals surface area contributed by atoms with E-state index in [0.717, 1.165) is 0 Å². The molecular formula is C18H22FN5O4S. The predicted octanol–water partition coefficient (Wildman–Crippen LogP) is 2.60. The van der Waals surface area contributed by atoms with E-state index in [9.17, 15) is 18.3 Å². The Balaban J connectivity index is 1.91. The standard InChI is InChI=1S/C18H22FN5O4S/c1-10-16(20)24-18(2,9-29(10,26)27)12-6-11(4-5-13(12)19)23-17(25)14-7-22-15(28-3)8-21-14/h4-8,10,26-27H,9H2,1-3H3,(H2,20,24)(H,23,25)/t10-,18-/m0/s1. The van der Waals surface area contributed by atoms with Crippen LogP contribution in [0.5, 0.6) is 5.88 Å². The average Bonchev–Trinajstić information content (AvgIpc) is 2.67. The number of nitrogens with zero attached hydrogens (tertiary/aromatic N) is 3. The van der Waals surface area contributed by atoms with Gasteiger partial charge in [-0.2, -0.15) is 10.6 Å². The van der Waals surface area contributed by atoms with Crippen LogP contribution < -0.4 is 15.8 Å². The molecule has 1 amide bonds. The lowest BCUT2D eigenvalue weighted by molar-refractivity contribution is 0.102. The summed E-state index contributed by atoms with van der Waals surface area (Å²) in [6.45, 7) is 3.13. The second kappa shape index (κ2) is 7.58. The number of amides is 1. The Kier molecular flexibility index (Phi) is 5.48. The zero-order valence-electron chi connectivity index (χ0n) is 16.1. The van der Waals surface area contributed by atoms with Crippen molar-refractivity contribution in [2.45, 2.75) is 24.6 Å². The summed E-state index contributed by atoms with van der Waals surface area (Å²) in [6.07, 6.45) is 2.56. The van der Waals surface area contributed by atoms with Gasteiger partial charge in [0.05, 0.1) is 25.3 Å². The minimum Gasteiger partial charge on any atom is -0.480 e. The topological polar surface area (TPSA) is 143 Å². The highest BCUT2D eigenvalue weighted by Crippen LogP contribution is 2.53. The van der Waals surface area contributed by atoms with Crippen LogP contribution in [0.2, 0.25) is 0 Å². The van der Waals surface area contributed by atoms with Gasteiger partial charge in [-0.05, 0) is 32.0 Å². The van der Waals surface area contributed by atoms with Gasteiger partial charge in [-0.1, -0.05) is 0 Å². The van der Waals surface area contributed by atoms with Crippen molar-refractivity contribution < 1.29 is 23.0 Å². The SMILES string of the molecule is COc1cnc(C(=O)Nc2ccc(F)c([C@]3(C)CS(O)(O)[C@@H](C)C(N)=N3)c2)cn1. The summed E-state index contributed by atoms with van der Waals surface area (Å²) in [5.74, 6) is -1.02. The molecule has 1 aliphatic heterocycles. The van der Waals surface area contributed by atoms with Crippen LogP contribution in [-0.4, -0.2) is 48.9 Å². The van der Waals surface area contributed by atoms with Crippen LogP contribution in [0.1, 0.15) is 29.9 Å². The van der Waals surface area contributed by atoms with E-state index in [1.807, 2.05) is 0 Å². The van der Waals surface area contributed by atoms with Crippen molar-refractivity contribution in [2.75, 3.05) is 18.2 Å². The number of ether oxygens (including phenoxy) is 1. The Hall–Kier alpha value is -2.76. The Morgan fingerprint density at radius 2 is 2.10 bits per heavy atom. The van der Waals surface area contributed by atoms with Gasteiger partial charge in [0.25, 0.3) is 5.91 Å². The summed E-state index contributed by atoms with van der Waals surface area (Å²) >= 11 is 0. The van der Waals surface area contributed by atoms with Crippen molar-refractivity contribution in [3.05, 3.63) is 47.7 Å². The number of carbonyl (C=O) groups is 1. The lowest BCUT2D eigenvalue weighted by Crippen LogP contribution is -2.45. The molecule has 29 heavy (non-hydrogen) atoms. The lowest BCUT2D eigenvalue weighted by Gasteiger charge is -2.47. The van der Waals surface area contributed by atoms with Crippen LogP contribution in [0.4, 0.5) is 10.1 Å². The third kappa shape index (κ3) is 4.16. The molecule has 1 aromatic heterocycles. The third-order valence-corrected chi connectivity index (χ3v) is 7.09. The molecule has 2 aromatic rings. The number of rotatable bonds is 4. The molecule has 0 saturated carbocycles. The quantitative estimate of drug-likeness (QED) is 0.592. The number of methoxy groups -OCH3 is 1. The van der Waals surface area contributed by atoms with E-state index in [4.69, 9.17) is 10.5 Å². The molecule has 156 valence electrons. The zero-order valence-corrected chi connectivity index (χ0v) is 16.9. The van der Waals surface area contributed by atoms with E-state index in [0.29, 0.717) is 0 Å². The Morgan fingerprint density at radius 3 is 2.69 bits per heavy atom. The maximum atomic E-state index is 14.6. The molecule has 0 unspecified atom stereocenters. The van der Waals surface area contributed by atoms with Crippen molar-refractivity contribution in [1.29, 1.82) is 0 Å². The van der Waals surface area contributed by atoms with Crippen molar-refractivity contribution in [3.63, 3.8) is 0 Å². The van der Waals surface area contributed by atoms with E-state index in [1.54, 1.807) is 13.8 Å². The number of aromatic nitrogens is 2. The average molecular weight is 423 g/mol. The number of nitrogens with one attached hydrogen (secondary N) is 1. The number of amidine groups is 1. The number of anilines is 1. The molecule has 2 atom stereocenters. The molecule has 2 heterocycles. The summed E-state index contributed by atoms with van der Waals surface area (Å²) in [5, 5.41) is 1.90. The number of hydrogen-bond acceptors (Lipinski definition) is 8. The molecule has 11 heteroatoms. The zero-order chi connectivity index (χ0) is 21.4. The molecule has 0 radical (unpaired) electrons. The number of hydrogen-bond donors (Lipinski definition) is 4. The molecule has 9 nitrogen and oxygen atoms in total. The first kappa shape index (κ1) is 21.0.